The Morgan fingerprint density at radius 3 is 1.58 bits per heavy atom. The average Bonchev–Trinajstić information content (AvgIpc) is 3.12. The van der Waals surface area contributed by atoms with Crippen LogP contribution in [-0.4, -0.2) is 44.1 Å². The lowest BCUT2D eigenvalue weighted by Gasteiger charge is -2.25. The van der Waals surface area contributed by atoms with Gasteiger partial charge in [-0.25, -0.2) is 9.59 Å². The van der Waals surface area contributed by atoms with Crippen LogP contribution in [0.15, 0.2) is 136 Å². The Balaban J connectivity index is 0.000000236. The topological polar surface area (TPSA) is 106 Å². The number of hydrogen-bond acceptors (Lipinski definition) is 4. The first-order valence-electron chi connectivity index (χ1n) is 16.9. The maximum Gasteiger partial charge on any atom is 0.319 e. The van der Waals surface area contributed by atoms with Crippen LogP contribution in [0.3, 0.4) is 0 Å². The number of anilines is 4. The molecule has 5 aromatic carbocycles. The van der Waals surface area contributed by atoms with Crippen molar-refractivity contribution in [3.05, 3.63) is 153 Å². The molecule has 0 bridgehead atoms. The van der Waals surface area contributed by atoms with Crippen LogP contribution < -0.4 is 31.1 Å². The Morgan fingerprint density at radius 1 is 0.577 bits per heavy atom. The summed E-state index contributed by atoms with van der Waals surface area (Å²) in [6.07, 6.45) is 0. The first-order chi connectivity index (χ1) is 25.1. The highest BCUT2D eigenvalue weighted by atomic mass is 79.9. The van der Waals surface area contributed by atoms with Crippen LogP contribution in [0.5, 0.6) is 0 Å². The van der Waals surface area contributed by atoms with Crippen molar-refractivity contribution in [3.8, 4) is 0 Å². The summed E-state index contributed by atoms with van der Waals surface area (Å²) >= 11 is 6.82. The van der Waals surface area contributed by atoms with Crippen molar-refractivity contribution in [2.75, 3.05) is 46.6 Å². The lowest BCUT2D eigenvalue weighted by molar-refractivity contribution is -0.116. The number of benzene rings is 5. The van der Waals surface area contributed by atoms with Gasteiger partial charge in [0.1, 0.15) is 0 Å². The van der Waals surface area contributed by atoms with E-state index in [9.17, 15) is 14.4 Å². The van der Waals surface area contributed by atoms with Crippen molar-refractivity contribution < 1.29 is 14.4 Å². The van der Waals surface area contributed by atoms with E-state index in [4.69, 9.17) is 0 Å². The van der Waals surface area contributed by atoms with E-state index in [1.807, 2.05) is 91.9 Å². The normalized spacial score (nSPS) is 10.2. The van der Waals surface area contributed by atoms with Crippen LogP contribution in [0, 0.1) is 13.8 Å². The molecular weight excluding hydrogens is 784 g/mol. The quantitative estimate of drug-likeness (QED) is 0.101. The highest BCUT2D eigenvalue weighted by Crippen LogP contribution is 2.22. The standard InChI is InChI=1S/C23H24BrN3O.C18H20BrN3O2/c1-18-8-7-11-20(16-18)27(17-19-9-3-2-4-10-19)15-14-25-23(28)26-22-13-6-5-12-21(22)24;1-13-6-5-7-15(12-13)22(14(2)23)11-10-20-18(24)21-17-9-4-3-8-16(17)19/h2-13,16H,14-15,17H2,1H3,(H2,25,26,28);3-9,12H,10-11H2,1-2H3,(H2,20,21,24). The van der Waals surface area contributed by atoms with Crippen LogP contribution in [0.4, 0.5) is 32.3 Å². The Hall–Kier alpha value is -5.13. The third kappa shape index (κ3) is 13.2. The van der Waals surface area contributed by atoms with Crippen molar-refractivity contribution in [1.82, 2.24) is 10.6 Å². The highest BCUT2D eigenvalue weighted by Gasteiger charge is 2.13. The van der Waals surface area contributed by atoms with E-state index in [-0.39, 0.29) is 18.0 Å². The summed E-state index contributed by atoms with van der Waals surface area (Å²) in [5.41, 5.74) is 6.96. The summed E-state index contributed by atoms with van der Waals surface area (Å²) in [6.45, 7) is 8.38. The van der Waals surface area contributed by atoms with Gasteiger partial charge in [0.2, 0.25) is 5.91 Å². The number of para-hydroxylation sites is 2. The summed E-state index contributed by atoms with van der Waals surface area (Å²) in [4.78, 5) is 40.0. The molecule has 0 aliphatic heterocycles. The second kappa shape index (κ2) is 20.7. The van der Waals surface area contributed by atoms with E-state index in [1.165, 1.54) is 18.1 Å². The van der Waals surface area contributed by atoms with Gasteiger partial charge in [-0.15, -0.1) is 0 Å². The molecule has 0 atom stereocenters. The lowest BCUT2D eigenvalue weighted by Crippen LogP contribution is -2.39. The molecule has 0 unspecified atom stereocenters. The number of aryl methyl sites for hydroxylation is 2. The molecule has 5 rings (SSSR count). The van der Waals surface area contributed by atoms with Crippen molar-refractivity contribution >= 4 is 72.6 Å². The van der Waals surface area contributed by atoms with Crippen LogP contribution in [0.2, 0.25) is 0 Å². The van der Waals surface area contributed by atoms with Gasteiger partial charge in [-0.05, 0) is 111 Å². The van der Waals surface area contributed by atoms with Crippen molar-refractivity contribution in [1.29, 1.82) is 0 Å². The molecule has 5 amide bonds. The summed E-state index contributed by atoms with van der Waals surface area (Å²) < 4.78 is 1.67. The maximum absolute atomic E-state index is 12.2. The number of carbonyl (C=O) groups excluding carboxylic acids is 3. The zero-order valence-electron chi connectivity index (χ0n) is 29.5. The fourth-order valence-electron chi connectivity index (χ4n) is 5.24. The van der Waals surface area contributed by atoms with Gasteiger partial charge in [0.05, 0.1) is 11.4 Å². The van der Waals surface area contributed by atoms with E-state index < -0.39 is 0 Å². The SMILES string of the molecule is CC(=O)N(CCNC(=O)Nc1ccccc1Br)c1cccc(C)c1.Cc1cccc(N(CCNC(=O)Nc2ccccc2Br)Cc2ccccc2)c1. The molecule has 0 aliphatic carbocycles. The van der Waals surface area contributed by atoms with Crippen LogP contribution in [-0.2, 0) is 11.3 Å². The molecule has 52 heavy (non-hydrogen) atoms. The number of urea groups is 2. The number of amides is 5. The molecule has 11 heteroatoms. The summed E-state index contributed by atoms with van der Waals surface area (Å²) in [5, 5.41) is 11.3. The van der Waals surface area contributed by atoms with Gasteiger partial charge in [-0.3, -0.25) is 4.79 Å². The number of nitrogens with one attached hydrogen (secondary N) is 4. The fraction of sp³-hybridized carbons (Fsp3) is 0.195. The van der Waals surface area contributed by atoms with Gasteiger partial charge < -0.3 is 31.1 Å². The van der Waals surface area contributed by atoms with Gasteiger partial charge in [-0.1, -0.05) is 78.9 Å². The van der Waals surface area contributed by atoms with Crippen molar-refractivity contribution in [3.63, 3.8) is 0 Å². The Bertz CT molecular complexity index is 1920. The molecule has 5 aromatic rings. The van der Waals surface area contributed by atoms with Crippen LogP contribution >= 0.6 is 31.9 Å². The second-order valence-corrected chi connectivity index (χ2v) is 13.7. The minimum Gasteiger partial charge on any atom is -0.365 e. The Kier molecular flexibility index (Phi) is 15.7. The summed E-state index contributed by atoms with van der Waals surface area (Å²) in [6, 6.07) is 40.9. The molecule has 0 spiro atoms. The zero-order chi connectivity index (χ0) is 37.3. The third-order valence-corrected chi connectivity index (χ3v) is 9.19. The maximum atomic E-state index is 12.2. The minimum atomic E-state index is -0.311. The molecule has 0 saturated heterocycles. The van der Waals surface area contributed by atoms with Crippen molar-refractivity contribution in [2.45, 2.75) is 27.3 Å². The lowest BCUT2D eigenvalue weighted by atomic mass is 10.1. The number of carbonyl (C=O) groups is 3. The number of halogens is 2. The van der Waals surface area contributed by atoms with E-state index in [2.05, 4.69) is 101 Å². The van der Waals surface area contributed by atoms with Crippen LogP contribution in [0.1, 0.15) is 23.6 Å². The highest BCUT2D eigenvalue weighted by molar-refractivity contribution is 9.11. The molecular formula is C41H44Br2N6O3. The van der Waals surface area contributed by atoms with E-state index >= 15 is 0 Å². The van der Waals surface area contributed by atoms with Gasteiger partial charge in [0.15, 0.2) is 0 Å². The fourth-order valence-corrected chi connectivity index (χ4v) is 6.00. The Morgan fingerprint density at radius 2 is 1.06 bits per heavy atom. The largest absolute Gasteiger partial charge is 0.365 e. The van der Waals surface area contributed by atoms with Crippen molar-refractivity contribution in [2.24, 2.45) is 0 Å². The molecule has 0 heterocycles. The first kappa shape index (κ1) is 39.7. The smallest absolute Gasteiger partial charge is 0.319 e. The molecule has 270 valence electrons. The Labute approximate surface area is 323 Å². The third-order valence-electron chi connectivity index (χ3n) is 7.81. The molecule has 4 N–H and O–H groups in total. The molecule has 0 saturated carbocycles. The molecule has 0 aromatic heterocycles. The van der Waals surface area contributed by atoms with Crippen LogP contribution in [0.25, 0.3) is 0 Å². The van der Waals surface area contributed by atoms with Gasteiger partial charge in [0.25, 0.3) is 0 Å². The van der Waals surface area contributed by atoms with Gasteiger partial charge in [0, 0.05) is 60.0 Å². The molecule has 9 nitrogen and oxygen atoms in total. The predicted molar refractivity (Wildman–Crippen MR) is 220 cm³/mol. The summed E-state index contributed by atoms with van der Waals surface area (Å²) in [5.74, 6) is -0.0615. The van der Waals surface area contributed by atoms with E-state index in [0.717, 1.165) is 38.1 Å². The zero-order valence-corrected chi connectivity index (χ0v) is 32.7. The molecule has 0 aliphatic rings. The predicted octanol–water partition coefficient (Wildman–Crippen LogP) is 9.52. The van der Waals surface area contributed by atoms with E-state index in [0.29, 0.717) is 31.9 Å². The molecule has 0 fully saturated rings. The minimum absolute atomic E-state index is 0.0615. The number of hydrogen-bond donors (Lipinski definition) is 4. The van der Waals surface area contributed by atoms with Gasteiger partial charge in [-0.2, -0.15) is 0 Å². The average molecular weight is 829 g/mol. The molecule has 0 radical (unpaired) electrons. The first-order valence-corrected chi connectivity index (χ1v) is 18.5. The van der Waals surface area contributed by atoms with Gasteiger partial charge >= 0.3 is 12.1 Å². The second-order valence-electron chi connectivity index (χ2n) is 12.0. The summed E-state index contributed by atoms with van der Waals surface area (Å²) in [7, 11) is 0. The monoisotopic (exact) mass is 826 g/mol. The van der Waals surface area contributed by atoms with E-state index in [1.54, 1.807) is 11.0 Å². The number of nitrogens with zero attached hydrogens (tertiary/aromatic N) is 2. The number of rotatable bonds is 12.